The number of nitrogens with zero attached hydrogens (tertiary/aromatic N) is 1. The standard InChI is InChI=1S/C9H10N4O4/c10-12-8(15)6-2-1-5(17-6)4-13-7(14)3-11-9(13)16/h1-2H,3-4,10H2,(H,11,16)(H,12,15). The van der Waals surface area contributed by atoms with Gasteiger partial charge in [0.15, 0.2) is 5.76 Å². The lowest BCUT2D eigenvalue weighted by molar-refractivity contribution is -0.125. The molecule has 0 saturated carbocycles. The Morgan fingerprint density at radius 2 is 2.29 bits per heavy atom. The average molecular weight is 238 g/mol. The molecule has 0 spiro atoms. The number of hydrogen-bond acceptors (Lipinski definition) is 5. The molecule has 1 fully saturated rings. The van der Waals surface area contributed by atoms with E-state index in [1.165, 1.54) is 12.1 Å². The van der Waals surface area contributed by atoms with E-state index in [0.29, 0.717) is 5.76 Å². The number of carbonyl (C=O) groups is 3. The Balaban J connectivity index is 2.09. The number of nitrogens with one attached hydrogen (secondary N) is 2. The third-order valence-electron chi connectivity index (χ3n) is 2.27. The fourth-order valence-corrected chi connectivity index (χ4v) is 1.43. The van der Waals surface area contributed by atoms with Gasteiger partial charge >= 0.3 is 11.9 Å². The summed E-state index contributed by atoms with van der Waals surface area (Å²) in [5, 5.41) is 2.38. The van der Waals surface area contributed by atoms with Crippen molar-refractivity contribution >= 4 is 17.8 Å². The van der Waals surface area contributed by atoms with Crippen molar-refractivity contribution in [3.63, 3.8) is 0 Å². The van der Waals surface area contributed by atoms with Crippen LogP contribution in [-0.4, -0.2) is 29.3 Å². The molecule has 4 N–H and O–H groups in total. The number of urea groups is 1. The summed E-state index contributed by atoms with van der Waals surface area (Å²) in [4.78, 5) is 34.6. The molecule has 8 heteroatoms. The maximum Gasteiger partial charge on any atom is 0.325 e. The van der Waals surface area contributed by atoms with E-state index in [0.717, 1.165) is 4.90 Å². The SMILES string of the molecule is NNC(=O)c1ccc(CN2C(=O)CNC2=O)o1. The van der Waals surface area contributed by atoms with E-state index < -0.39 is 11.9 Å². The Hall–Kier alpha value is -2.35. The fourth-order valence-electron chi connectivity index (χ4n) is 1.43. The maximum atomic E-state index is 11.3. The minimum Gasteiger partial charge on any atom is -0.454 e. The molecule has 1 aliphatic rings. The molecule has 2 heterocycles. The Morgan fingerprint density at radius 3 is 2.88 bits per heavy atom. The summed E-state index contributed by atoms with van der Waals surface area (Å²) < 4.78 is 5.13. The molecule has 17 heavy (non-hydrogen) atoms. The number of furan rings is 1. The zero-order chi connectivity index (χ0) is 12.4. The summed E-state index contributed by atoms with van der Waals surface area (Å²) in [5.41, 5.74) is 1.91. The molecule has 0 atom stereocenters. The number of rotatable bonds is 3. The average Bonchev–Trinajstić information content (AvgIpc) is 2.90. The zero-order valence-corrected chi connectivity index (χ0v) is 8.73. The first-order chi connectivity index (χ1) is 8.11. The largest absolute Gasteiger partial charge is 0.454 e. The lowest BCUT2D eigenvalue weighted by atomic mass is 10.4. The maximum absolute atomic E-state index is 11.3. The highest BCUT2D eigenvalue weighted by Crippen LogP contribution is 2.12. The second-order valence-electron chi connectivity index (χ2n) is 3.38. The van der Waals surface area contributed by atoms with Crippen molar-refractivity contribution in [1.29, 1.82) is 0 Å². The van der Waals surface area contributed by atoms with Crippen LogP contribution in [0, 0.1) is 0 Å². The summed E-state index contributed by atoms with van der Waals surface area (Å²) in [6.07, 6.45) is 0. The van der Waals surface area contributed by atoms with Gasteiger partial charge in [-0.1, -0.05) is 0 Å². The Morgan fingerprint density at radius 1 is 1.53 bits per heavy atom. The molecule has 0 unspecified atom stereocenters. The summed E-state index contributed by atoms with van der Waals surface area (Å²) in [5.74, 6) is 4.37. The predicted octanol–water partition coefficient (Wildman–Crippen LogP) is -1.07. The molecular weight excluding hydrogens is 228 g/mol. The monoisotopic (exact) mass is 238 g/mol. The first-order valence-electron chi connectivity index (χ1n) is 4.79. The minimum atomic E-state index is -0.576. The second-order valence-corrected chi connectivity index (χ2v) is 3.38. The van der Waals surface area contributed by atoms with Crippen LogP contribution in [0.5, 0.6) is 0 Å². The molecule has 1 aromatic heterocycles. The van der Waals surface area contributed by atoms with Crippen LogP contribution in [0.1, 0.15) is 16.3 Å². The quantitative estimate of drug-likeness (QED) is 0.268. The van der Waals surface area contributed by atoms with E-state index in [-0.39, 0.29) is 24.8 Å². The van der Waals surface area contributed by atoms with E-state index in [2.05, 4.69) is 5.32 Å². The topological polar surface area (TPSA) is 118 Å². The smallest absolute Gasteiger partial charge is 0.325 e. The Labute approximate surface area is 95.7 Å². The molecule has 8 nitrogen and oxygen atoms in total. The van der Waals surface area contributed by atoms with Crippen LogP contribution in [0.2, 0.25) is 0 Å². The van der Waals surface area contributed by atoms with Gasteiger partial charge in [-0.15, -0.1) is 0 Å². The van der Waals surface area contributed by atoms with Gasteiger partial charge in [0.25, 0.3) is 0 Å². The Bertz CT molecular complexity index is 465. The molecule has 90 valence electrons. The molecule has 1 saturated heterocycles. The summed E-state index contributed by atoms with van der Waals surface area (Å²) in [6.45, 7) is -0.0296. The van der Waals surface area contributed by atoms with Crippen LogP contribution in [0.4, 0.5) is 4.79 Å². The van der Waals surface area contributed by atoms with Gasteiger partial charge < -0.3 is 9.73 Å². The number of carbonyl (C=O) groups excluding carboxylic acids is 3. The van der Waals surface area contributed by atoms with Crippen LogP contribution in [-0.2, 0) is 11.3 Å². The molecule has 0 radical (unpaired) electrons. The number of hydrogen-bond donors (Lipinski definition) is 3. The van der Waals surface area contributed by atoms with Crippen LogP contribution < -0.4 is 16.6 Å². The van der Waals surface area contributed by atoms with Gasteiger partial charge in [-0.05, 0) is 12.1 Å². The number of nitrogen functional groups attached to an aromatic ring is 1. The van der Waals surface area contributed by atoms with Crippen molar-refractivity contribution in [3.8, 4) is 0 Å². The third kappa shape index (κ3) is 2.11. The van der Waals surface area contributed by atoms with Gasteiger partial charge in [0, 0.05) is 0 Å². The molecule has 1 aromatic rings. The second kappa shape index (κ2) is 4.26. The first-order valence-corrected chi connectivity index (χ1v) is 4.79. The van der Waals surface area contributed by atoms with Gasteiger partial charge in [-0.2, -0.15) is 0 Å². The van der Waals surface area contributed by atoms with Crippen molar-refractivity contribution < 1.29 is 18.8 Å². The molecular formula is C9H10N4O4. The van der Waals surface area contributed by atoms with E-state index in [1.54, 1.807) is 0 Å². The van der Waals surface area contributed by atoms with Crippen molar-refractivity contribution in [2.75, 3.05) is 6.54 Å². The van der Waals surface area contributed by atoms with Crippen molar-refractivity contribution in [2.24, 2.45) is 5.84 Å². The minimum absolute atomic E-state index is 0.0114. The molecule has 0 bridgehead atoms. The van der Waals surface area contributed by atoms with Gasteiger partial charge in [0.2, 0.25) is 5.91 Å². The highest BCUT2D eigenvalue weighted by atomic mass is 16.4. The highest BCUT2D eigenvalue weighted by molar-refractivity contribution is 6.01. The number of nitrogens with two attached hydrogens (primary N) is 1. The number of amides is 4. The van der Waals surface area contributed by atoms with Crippen molar-refractivity contribution in [2.45, 2.75) is 6.54 Å². The Kier molecular flexibility index (Phi) is 2.79. The number of hydrazine groups is 1. The summed E-state index contributed by atoms with van der Waals surface area (Å²) in [7, 11) is 0. The molecule has 4 amide bonds. The lowest BCUT2D eigenvalue weighted by Gasteiger charge is -2.09. The molecule has 1 aliphatic heterocycles. The van der Waals surface area contributed by atoms with Crippen LogP contribution >= 0.6 is 0 Å². The van der Waals surface area contributed by atoms with E-state index in [4.69, 9.17) is 10.3 Å². The number of imide groups is 1. The van der Waals surface area contributed by atoms with Crippen LogP contribution in [0.3, 0.4) is 0 Å². The lowest BCUT2D eigenvalue weighted by Crippen LogP contribution is -2.30. The molecule has 0 aromatic carbocycles. The van der Waals surface area contributed by atoms with E-state index in [9.17, 15) is 14.4 Å². The van der Waals surface area contributed by atoms with Gasteiger partial charge in [-0.3, -0.25) is 19.9 Å². The first kappa shape index (κ1) is 11.1. The highest BCUT2D eigenvalue weighted by Gasteiger charge is 2.29. The van der Waals surface area contributed by atoms with Crippen molar-refractivity contribution in [1.82, 2.24) is 15.6 Å². The van der Waals surface area contributed by atoms with Crippen molar-refractivity contribution in [3.05, 3.63) is 23.7 Å². The zero-order valence-electron chi connectivity index (χ0n) is 8.73. The van der Waals surface area contributed by atoms with E-state index >= 15 is 0 Å². The van der Waals surface area contributed by atoms with Gasteiger partial charge in [-0.25, -0.2) is 10.6 Å². The van der Waals surface area contributed by atoms with Crippen LogP contribution in [0.25, 0.3) is 0 Å². The van der Waals surface area contributed by atoms with Crippen LogP contribution in [0.15, 0.2) is 16.5 Å². The summed E-state index contributed by atoms with van der Waals surface area (Å²) in [6, 6.07) is 2.44. The molecule has 2 rings (SSSR count). The van der Waals surface area contributed by atoms with Gasteiger partial charge in [0.1, 0.15) is 5.76 Å². The van der Waals surface area contributed by atoms with E-state index in [1.807, 2.05) is 5.43 Å². The predicted molar refractivity (Wildman–Crippen MR) is 54.3 cm³/mol. The van der Waals surface area contributed by atoms with Gasteiger partial charge in [0.05, 0.1) is 13.1 Å². The summed E-state index contributed by atoms with van der Waals surface area (Å²) >= 11 is 0. The fraction of sp³-hybridized carbons (Fsp3) is 0.222. The molecule has 0 aliphatic carbocycles. The third-order valence-corrected chi connectivity index (χ3v) is 2.27. The normalized spacial score (nSPS) is 15.0.